The minimum atomic E-state index is 0.122. The Kier molecular flexibility index (Phi) is 5.54. The highest BCUT2D eigenvalue weighted by Gasteiger charge is 2.56. The van der Waals surface area contributed by atoms with Crippen LogP contribution < -0.4 is 0 Å². The molecule has 0 aromatic heterocycles. The first kappa shape index (κ1) is 21.2. The molecule has 0 aromatic carbocycles. The van der Waals surface area contributed by atoms with Crippen LogP contribution in [0.5, 0.6) is 0 Å². The van der Waals surface area contributed by atoms with Crippen molar-refractivity contribution in [2.75, 3.05) is 0 Å². The van der Waals surface area contributed by atoms with E-state index in [1.807, 2.05) is 0 Å². The topological polar surface area (TPSA) is 0 Å². The average Bonchev–Trinajstić information content (AvgIpc) is 3.19. The van der Waals surface area contributed by atoms with Crippen molar-refractivity contribution in [3.8, 4) is 0 Å². The zero-order valence-corrected chi connectivity index (χ0v) is 19.1. The summed E-state index contributed by atoms with van der Waals surface area (Å²) in [6, 6.07) is 0. The second-order valence-corrected chi connectivity index (χ2v) is 10.7. The summed E-state index contributed by atoms with van der Waals surface area (Å²) in [4.78, 5) is 0. The van der Waals surface area contributed by atoms with E-state index in [-0.39, 0.29) is 10.8 Å². The van der Waals surface area contributed by atoms with Crippen molar-refractivity contribution >= 4 is 0 Å². The maximum Gasteiger partial charge on any atom is 0.0212 e. The highest BCUT2D eigenvalue weighted by Crippen LogP contribution is 2.66. The number of allylic oxidation sites excluding steroid dienone is 8. The normalized spacial score (nSPS) is 26.2. The van der Waals surface area contributed by atoms with Crippen LogP contribution in [0.25, 0.3) is 0 Å². The van der Waals surface area contributed by atoms with Gasteiger partial charge in [0.15, 0.2) is 0 Å². The van der Waals surface area contributed by atoms with Gasteiger partial charge in [0.2, 0.25) is 0 Å². The summed E-state index contributed by atoms with van der Waals surface area (Å²) < 4.78 is 0. The van der Waals surface area contributed by atoms with E-state index in [0.717, 1.165) is 12.8 Å². The largest absolute Gasteiger partial charge is 0.0755 e. The molecule has 0 amide bonds. The monoisotopic (exact) mass is 382 g/mol. The fraction of sp³-hybridized carbons (Fsp3) is 0.379. The zero-order chi connectivity index (χ0) is 21.0. The fourth-order valence-electron chi connectivity index (χ4n) is 4.88. The summed E-state index contributed by atoms with van der Waals surface area (Å²) >= 11 is 0. The molecule has 0 atom stereocenters. The Hall–Kier alpha value is -1.04. The van der Waals surface area contributed by atoms with Crippen LogP contribution in [0.3, 0.4) is 0 Å². The second-order valence-electron chi connectivity index (χ2n) is 10.7. The van der Waals surface area contributed by atoms with Gasteiger partial charge in [0.25, 0.3) is 0 Å². The van der Waals surface area contributed by atoms with Crippen molar-refractivity contribution in [1.29, 1.82) is 0 Å². The van der Waals surface area contributed by atoms with E-state index < -0.39 is 0 Å². The molecule has 2 fully saturated rings. The summed E-state index contributed by atoms with van der Waals surface area (Å²) in [5.41, 5.74) is 3.19. The molecule has 4 aliphatic carbocycles. The Labute approximate surface area is 180 Å². The lowest BCUT2D eigenvalue weighted by Crippen LogP contribution is -2.26. The minimum Gasteiger partial charge on any atom is -0.0755 e. The Bertz CT molecular complexity index is 677. The molecule has 0 spiro atoms. The quantitative estimate of drug-likeness (QED) is 0.473. The van der Waals surface area contributed by atoms with E-state index >= 15 is 0 Å². The molecule has 0 heteroatoms. The summed E-state index contributed by atoms with van der Waals surface area (Å²) in [7, 11) is 0. The molecule has 10 radical (unpaired) electrons. The zero-order valence-electron chi connectivity index (χ0n) is 19.1. The van der Waals surface area contributed by atoms with Crippen molar-refractivity contribution in [3.05, 3.63) is 108 Å². The van der Waals surface area contributed by atoms with Gasteiger partial charge in [-0.1, -0.05) is 96.1 Å². The number of fused-ring (bicyclic) bond motifs is 3. The van der Waals surface area contributed by atoms with Crippen LogP contribution in [-0.2, 0) is 0 Å². The van der Waals surface area contributed by atoms with Crippen molar-refractivity contribution in [2.24, 2.45) is 10.8 Å². The Morgan fingerprint density at radius 3 is 1.62 bits per heavy atom. The molecular formula is C29H34. The van der Waals surface area contributed by atoms with E-state index in [2.05, 4.69) is 104 Å². The first-order valence-corrected chi connectivity index (χ1v) is 10.9. The lowest BCUT2D eigenvalue weighted by Gasteiger charge is -2.37. The van der Waals surface area contributed by atoms with Gasteiger partial charge in [-0.05, 0) is 54.8 Å². The standard InChI is InChI=1S/C29H34/c1-19-14-15-20(18-19)16-17-23-26-21(10-8-12-24(26)28(2,3)4)22-11-9-13-25(27(22)23)29(5,6)7/h8-15,18H,16-17H2,1-7H3. The van der Waals surface area contributed by atoms with E-state index in [1.165, 1.54) is 46.7 Å². The second kappa shape index (κ2) is 7.58. The number of rotatable bonds is 3. The molecule has 150 valence electrons. The first-order valence-electron chi connectivity index (χ1n) is 10.9. The molecule has 0 aromatic rings. The van der Waals surface area contributed by atoms with Gasteiger partial charge in [-0.25, -0.2) is 0 Å². The molecule has 4 aliphatic rings. The summed E-state index contributed by atoms with van der Waals surface area (Å²) in [6.07, 6.45) is 22.9. The average molecular weight is 383 g/mol. The van der Waals surface area contributed by atoms with Crippen molar-refractivity contribution < 1.29 is 0 Å². The van der Waals surface area contributed by atoms with Crippen LogP contribution >= 0.6 is 0 Å². The molecule has 0 saturated heterocycles. The maximum atomic E-state index is 2.34. The van der Waals surface area contributed by atoms with Gasteiger partial charge >= 0.3 is 0 Å². The van der Waals surface area contributed by atoms with E-state index in [4.69, 9.17) is 0 Å². The highest BCUT2D eigenvalue weighted by molar-refractivity contribution is 5.81. The first-order chi connectivity index (χ1) is 13.6. The molecule has 4 rings (SSSR count). The summed E-state index contributed by atoms with van der Waals surface area (Å²) in [5, 5.41) is 0. The van der Waals surface area contributed by atoms with Gasteiger partial charge in [0.05, 0.1) is 0 Å². The lowest BCUT2D eigenvalue weighted by molar-refractivity contribution is 0.485. The van der Waals surface area contributed by atoms with Crippen molar-refractivity contribution in [1.82, 2.24) is 0 Å². The minimum absolute atomic E-state index is 0.122. The predicted octanol–water partition coefficient (Wildman–Crippen LogP) is 7.53. The van der Waals surface area contributed by atoms with Gasteiger partial charge in [0.1, 0.15) is 0 Å². The lowest BCUT2D eigenvalue weighted by atomic mass is 9.66. The number of hydrogen-bond donors (Lipinski definition) is 0. The van der Waals surface area contributed by atoms with Crippen molar-refractivity contribution in [2.45, 2.75) is 61.3 Å². The van der Waals surface area contributed by atoms with Crippen LogP contribution in [0, 0.1) is 71.5 Å². The molecule has 0 bridgehead atoms. The predicted molar refractivity (Wildman–Crippen MR) is 124 cm³/mol. The smallest absolute Gasteiger partial charge is 0.0212 e. The fourth-order valence-corrected chi connectivity index (χ4v) is 4.88. The van der Waals surface area contributed by atoms with E-state index in [1.54, 1.807) is 5.92 Å². The van der Waals surface area contributed by atoms with Gasteiger partial charge in [0, 0.05) is 29.6 Å². The van der Waals surface area contributed by atoms with Crippen LogP contribution in [0.4, 0.5) is 0 Å². The van der Waals surface area contributed by atoms with Crippen LogP contribution in [-0.4, -0.2) is 0 Å². The summed E-state index contributed by atoms with van der Waals surface area (Å²) in [5.74, 6) is 10.2. The Balaban J connectivity index is 1.68. The van der Waals surface area contributed by atoms with Gasteiger partial charge in [-0.3, -0.25) is 0 Å². The van der Waals surface area contributed by atoms with Crippen molar-refractivity contribution in [3.63, 3.8) is 0 Å². The number of hydrogen-bond acceptors (Lipinski definition) is 0. The molecule has 2 saturated carbocycles. The molecule has 0 heterocycles. The third kappa shape index (κ3) is 3.98. The molecule has 0 aliphatic heterocycles. The van der Waals surface area contributed by atoms with Crippen LogP contribution in [0.2, 0.25) is 0 Å². The highest BCUT2D eigenvalue weighted by atomic mass is 14.6. The Morgan fingerprint density at radius 1 is 0.690 bits per heavy atom. The SMILES string of the molecule is C[C]1[CH][CH][C](CC[C]2[C]3[C](C=CC=C3C(C)(C)C)[C]3C=CC=C(C(C)(C)C)[C]32)[CH]1. The molecule has 0 N–H and O–H groups in total. The summed E-state index contributed by atoms with van der Waals surface area (Å²) in [6.45, 7) is 16.2. The third-order valence-electron chi connectivity index (χ3n) is 6.28. The van der Waals surface area contributed by atoms with E-state index in [9.17, 15) is 0 Å². The molecular weight excluding hydrogens is 348 g/mol. The molecule has 29 heavy (non-hydrogen) atoms. The van der Waals surface area contributed by atoms with Crippen LogP contribution in [0.1, 0.15) is 61.3 Å². The van der Waals surface area contributed by atoms with Gasteiger partial charge < -0.3 is 0 Å². The maximum absolute atomic E-state index is 2.34. The molecule has 0 nitrogen and oxygen atoms in total. The third-order valence-corrected chi connectivity index (χ3v) is 6.28. The van der Waals surface area contributed by atoms with Gasteiger partial charge in [-0.2, -0.15) is 0 Å². The molecule has 0 unspecified atom stereocenters. The Morgan fingerprint density at radius 2 is 1.21 bits per heavy atom. The van der Waals surface area contributed by atoms with E-state index in [0.29, 0.717) is 0 Å². The van der Waals surface area contributed by atoms with Crippen LogP contribution in [0.15, 0.2) is 47.6 Å². The van der Waals surface area contributed by atoms with Gasteiger partial charge in [-0.15, -0.1) is 0 Å².